The number of aryl methyl sites for hydroxylation is 1. The Kier molecular flexibility index (Phi) is 2.79. The maximum Gasteiger partial charge on any atom is 0.0772 e. The number of halogens is 1. The molecule has 4 heteroatoms. The van der Waals surface area contributed by atoms with Crippen molar-refractivity contribution in [3.8, 4) is 0 Å². The van der Waals surface area contributed by atoms with E-state index in [0.29, 0.717) is 4.90 Å². The van der Waals surface area contributed by atoms with Gasteiger partial charge in [0.15, 0.2) is 0 Å². The van der Waals surface area contributed by atoms with Crippen LogP contribution in [0.2, 0.25) is 0 Å². The second-order valence-electron chi connectivity index (χ2n) is 2.29. The summed E-state index contributed by atoms with van der Waals surface area (Å²) in [5, 5.41) is 0. The van der Waals surface area contributed by atoms with Crippen LogP contribution in [0, 0.1) is 6.92 Å². The number of hydrogen-bond donors (Lipinski definition) is 2. The van der Waals surface area contributed by atoms with Gasteiger partial charge in [-0.1, -0.05) is 17.7 Å². The molecular formula is C7H9IO2S. The summed E-state index contributed by atoms with van der Waals surface area (Å²) in [7, 11) is -2.55. The van der Waals surface area contributed by atoms with Crippen molar-refractivity contribution in [2.24, 2.45) is 0 Å². The molecule has 2 N–H and O–H groups in total. The molecule has 0 saturated carbocycles. The first-order chi connectivity index (χ1) is 5.00. The SMILES string of the molecule is Cc1ccc(S(O)(O)I)cc1. The van der Waals surface area contributed by atoms with Crippen molar-refractivity contribution in [3.63, 3.8) is 0 Å². The van der Waals surface area contributed by atoms with E-state index >= 15 is 0 Å². The molecule has 2 nitrogen and oxygen atoms in total. The van der Waals surface area contributed by atoms with Crippen molar-refractivity contribution in [1.29, 1.82) is 0 Å². The lowest BCUT2D eigenvalue weighted by Crippen LogP contribution is -1.87. The molecule has 0 saturated heterocycles. The van der Waals surface area contributed by atoms with Crippen LogP contribution in [0.1, 0.15) is 5.56 Å². The second-order valence-corrected chi connectivity index (χ2v) is 7.41. The first-order valence-corrected chi connectivity index (χ1v) is 7.13. The van der Waals surface area contributed by atoms with Crippen molar-refractivity contribution < 1.29 is 9.11 Å². The van der Waals surface area contributed by atoms with Crippen molar-refractivity contribution in [1.82, 2.24) is 0 Å². The average Bonchev–Trinajstić information content (AvgIpc) is 1.86. The highest BCUT2D eigenvalue weighted by Gasteiger charge is 2.08. The van der Waals surface area contributed by atoms with Crippen molar-refractivity contribution in [2.75, 3.05) is 0 Å². The van der Waals surface area contributed by atoms with E-state index in [0.717, 1.165) is 5.56 Å². The molecule has 1 aromatic rings. The van der Waals surface area contributed by atoms with Gasteiger partial charge in [-0.15, -0.1) is 7.76 Å². The molecule has 0 spiro atoms. The van der Waals surface area contributed by atoms with Gasteiger partial charge in [-0.2, -0.15) is 0 Å². The number of hydrogen-bond acceptors (Lipinski definition) is 2. The van der Waals surface area contributed by atoms with Gasteiger partial charge < -0.3 is 0 Å². The van der Waals surface area contributed by atoms with E-state index in [1.807, 2.05) is 19.1 Å². The van der Waals surface area contributed by atoms with Crippen LogP contribution in [-0.4, -0.2) is 9.11 Å². The van der Waals surface area contributed by atoms with Gasteiger partial charge in [-0.05, 0) is 19.1 Å². The molecule has 0 aliphatic heterocycles. The molecule has 1 rings (SSSR count). The van der Waals surface area contributed by atoms with Crippen LogP contribution in [0.3, 0.4) is 0 Å². The standard InChI is InChI=1S/C7H9IO2S/c1-6-2-4-7(5-3-6)11(8,9)10/h2-5,9-10H,1H3. The molecule has 0 unspecified atom stereocenters. The smallest absolute Gasteiger partial charge is 0.0772 e. The molecule has 0 fully saturated rings. The minimum Gasteiger partial charge on any atom is -0.286 e. The van der Waals surface area contributed by atoms with Crippen molar-refractivity contribution >= 4 is 29.0 Å². The average molecular weight is 284 g/mol. The predicted molar refractivity (Wildman–Crippen MR) is 56.3 cm³/mol. The maximum atomic E-state index is 9.21. The van der Waals surface area contributed by atoms with Crippen molar-refractivity contribution in [2.45, 2.75) is 11.8 Å². The summed E-state index contributed by atoms with van der Waals surface area (Å²) in [5.41, 5.74) is 1.12. The highest BCUT2D eigenvalue weighted by Crippen LogP contribution is 2.55. The first kappa shape index (κ1) is 9.31. The summed E-state index contributed by atoms with van der Waals surface area (Å²) in [6.45, 7) is 1.96. The van der Waals surface area contributed by atoms with Crippen LogP contribution >= 0.6 is 29.0 Å². The minimum atomic E-state index is -2.55. The topological polar surface area (TPSA) is 40.5 Å². The summed E-state index contributed by atoms with van der Waals surface area (Å²) in [6.07, 6.45) is 0. The molecule has 0 amide bonds. The molecule has 0 heterocycles. The Bertz CT molecular complexity index is 240. The minimum absolute atomic E-state index is 0.587. The normalized spacial score (nSPS) is 13.1. The van der Waals surface area contributed by atoms with E-state index in [1.165, 1.54) is 0 Å². The fourth-order valence-electron chi connectivity index (χ4n) is 0.711. The van der Waals surface area contributed by atoms with Crippen LogP contribution in [-0.2, 0) is 0 Å². The quantitative estimate of drug-likeness (QED) is 0.775. The molecule has 62 valence electrons. The maximum absolute atomic E-state index is 9.21. The van der Waals surface area contributed by atoms with Gasteiger partial charge in [0.2, 0.25) is 0 Å². The third-order valence-corrected chi connectivity index (χ3v) is 3.72. The molecule has 0 bridgehead atoms. The fourth-order valence-corrected chi connectivity index (χ4v) is 2.07. The van der Waals surface area contributed by atoms with Gasteiger partial charge in [0.05, 0.1) is 26.1 Å². The van der Waals surface area contributed by atoms with Crippen molar-refractivity contribution in [3.05, 3.63) is 29.8 Å². The van der Waals surface area contributed by atoms with Gasteiger partial charge in [0.1, 0.15) is 0 Å². The Balaban J connectivity index is 2.99. The predicted octanol–water partition coefficient (Wildman–Crippen LogP) is 3.45. The van der Waals surface area contributed by atoms with Gasteiger partial charge in [0, 0.05) is 0 Å². The Hall–Kier alpha value is 0.220. The number of rotatable bonds is 1. The Morgan fingerprint density at radius 2 is 1.64 bits per heavy atom. The lowest BCUT2D eigenvalue weighted by atomic mass is 10.2. The monoisotopic (exact) mass is 284 g/mol. The van der Waals surface area contributed by atoms with E-state index in [9.17, 15) is 9.11 Å². The fraction of sp³-hybridized carbons (Fsp3) is 0.143. The molecule has 11 heavy (non-hydrogen) atoms. The van der Waals surface area contributed by atoms with E-state index < -0.39 is 7.76 Å². The van der Waals surface area contributed by atoms with Crippen LogP contribution in [0.25, 0.3) is 0 Å². The third kappa shape index (κ3) is 2.62. The Labute approximate surface area is 79.6 Å². The zero-order valence-electron chi connectivity index (χ0n) is 5.99. The van der Waals surface area contributed by atoms with Gasteiger partial charge >= 0.3 is 0 Å². The summed E-state index contributed by atoms with van der Waals surface area (Å²) in [6, 6.07) is 7.19. The highest BCUT2D eigenvalue weighted by molar-refractivity contribution is 14.2. The van der Waals surface area contributed by atoms with E-state index in [4.69, 9.17) is 0 Å². The largest absolute Gasteiger partial charge is 0.286 e. The van der Waals surface area contributed by atoms with Crippen LogP contribution in [0.15, 0.2) is 29.2 Å². The molecule has 0 aliphatic carbocycles. The van der Waals surface area contributed by atoms with Gasteiger partial charge in [-0.25, -0.2) is 0 Å². The third-order valence-electron chi connectivity index (χ3n) is 1.32. The lowest BCUT2D eigenvalue weighted by Gasteiger charge is -2.23. The molecule has 1 aromatic carbocycles. The summed E-state index contributed by atoms with van der Waals surface area (Å²) < 4.78 is 18.4. The first-order valence-electron chi connectivity index (χ1n) is 3.04. The zero-order valence-corrected chi connectivity index (χ0v) is 8.96. The number of benzene rings is 1. The summed E-state index contributed by atoms with van der Waals surface area (Å²) >= 11 is 1.65. The van der Waals surface area contributed by atoms with Crippen LogP contribution < -0.4 is 0 Å². The molecule has 0 aliphatic rings. The van der Waals surface area contributed by atoms with Crippen LogP contribution in [0.4, 0.5) is 0 Å². The lowest BCUT2D eigenvalue weighted by molar-refractivity contribution is 0.512. The second kappa shape index (κ2) is 3.30. The van der Waals surface area contributed by atoms with E-state index in [2.05, 4.69) is 0 Å². The van der Waals surface area contributed by atoms with E-state index in [-0.39, 0.29) is 0 Å². The Morgan fingerprint density at radius 3 is 2.00 bits per heavy atom. The zero-order chi connectivity index (χ0) is 8.48. The van der Waals surface area contributed by atoms with Gasteiger partial charge in [0.25, 0.3) is 0 Å². The van der Waals surface area contributed by atoms with Crippen LogP contribution in [0.5, 0.6) is 0 Å². The van der Waals surface area contributed by atoms with Gasteiger partial charge in [-0.3, -0.25) is 9.11 Å². The molecule has 0 atom stereocenters. The molecule has 0 radical (unpaired) electrons. The summed E-state index contributed by atoms with van der Waals surface area (Å²) in [5.74, 6) is 0. The van der Waals surface area contributed by atoms with E-state index in [1.54, 1.807) is 33.3 Å². The summed E-state index contributed by atoms with van der Waals surface area (Å²) in [4.78, 5) is 0.587. The Morgan fingerprint density at radius 1 is 1.18 bits per heavy atom. The molecule has 0 aromatic heterocycles. The highest BCUT2D eigenvalue weighted by atomic mass is 127. The molecular weight excluding hydrogens is 275 g/mol.